The van der Waals surface area contributed by atoms with Gasteiger partial charge in [0, 0.05) is 36.5 Å². The van der Waals surface area contributed by atoms with Crippen LogP contribution in [0.25, 0.3) is 0 Å². The molecule has 0 aliphatic heterocycles. The third-order valence-electron chi connectivity index (χ3n) is 4.62. The van der Waals surface area contributed by atoms with E-state index in [-0.39, 0.29) is 12.5 Å². The van der Waals surface area contributed by atoms with E-state index in [2.05, 4.69) is 43.2 Å². The van der Waals surface area contributed by atoms with E-state index in [1.54, 1.807) is 7.11 Å². The summed E-state index contributed by atoms with van der Waals surface area (Å²) in [6.07, 6.45) is 0. The summed E-state index contributed by atoms with van der Waals surface area (Å²) in [5, 5.41) is 6.23. The molecule has 0 aliphatic rings. The van der Waals surface area contributed by atoms with Crippen LogP contribution in [0.15, 0.2) is 48.5 Å². The zero-order valence-corrected chi connectivity index (χ0v) is 18.1. The number of rotatable bonds is 11. The molecule has 2 aromatic rings. The molecule has 0 fully saturated rings. The van der Waals surface area contributed by atoms with Gasteiger partial charge >= 0.3 is 0 Å². The lowest BCUT2D eigenvalue weighted by Crippen LogP contribution is -2.43. The molecule has 2 aromatic carbocycles. The third-order valence-corrected chi connectivity index (χ3v) is 4.62. The van der Waals surface area contributed by atoms with E-state index in [4.69, 9.17) is 9.47 Å². The van der Waals surface area contributed by atoms with Crippen molar-refractivity contribution >= 4 is 17.3 Å². The van der Waals surface area contributed by atoms with Crippen molar-refractivity contribution < 1.29 is 14.3 Å². The maximum absolute atomic E-state index is 12.0. The number of nitrogens with one attached hydrogen (secondary N) is 2. The fourth-order valence-electron chi connectivity index (χ4n) is 3.11. The molecule has 0 unspecified atom stereocenters. The van der Waals surface area contributed by atoms with Gasteiger partial charge < -0.3 is 20.1 Å². The Bertz CT molecular complexity index is 735. The summed E-state index contributed by atoms with van der Waals surface area (Å²) < 4.78 is 10.7. The Morgan fingerprint density at radius 1 is 0.897 bits per heavy atom. The molecule has 0 heterocycles. The molecule has 0 aliphatic carbocycles. The second-order valence-electron chi connectivity index (χ2n) is 7.44. The monoisotopic (exact) mass is 399 g/mol. The Kier molecular flexibility index (Phi) is 8.80. The quantitative estimate of drug-likeness (QED) is 0.597. The summed E-state index contributed by atoms with van der Waals surface area (Å²) in [5.74, 6) is 1.36. The van der Waals surface area contributed by atoms with E-state index in [9.17, 15) is 4.79 Å². The summed E-state index contributed by atoms with van der Waals surface area (Å²) in [6.45, 7) is 10.1. The highest BCUT2D eigenvalue weighted by molar-refractivity contribution is 5.77. The summed E-state index contributed by atoms with van der Waals surface area (Å²) >= 11 is 0. The van der Waals surface area contributed by atoms with Crippen LogP contribution in [0.5, 0.6) is 11.5 Å². The number of nitrogens with zero attached hydrogens (tertiary/aromatic N) is 1. The zero-order valence-electron chi connectivity index (χ0n) is 18.1. The van der Waals surface area contributed by atoms with Gasteiger partial charge in [0.2, 0.25) is 0 Å². The Morgan fingerprint density at radius 3 is 1.90 bits per heavy atom. The third kappa shape index (κ3) is 7.66. The van der Waals surface area contributed by atoms with Gasteiger partial charge in [-0.2, -0.15) is 0 Å². The normalized spacial score (nSPS) is 11.0. The number of hydrogen-bond acceptors (Lipinski definition) is 5. The number of carbonyl (C=O) groups excluding carboxylic acids is 1. The zero-order chi connectivity index (χ0) is 21.2. The fourth-order valence-corrected chi connectivity index (χ4v) is 3.11. The first-order valence-corrected chi connectivity index (χ1v) is 10.1. The van der Waals surface area contributed by atoms with Gasteiger partial charge in [-0.25, -0.2) is 0 Å². The Balaban J connectivity index is 1.74. The number of anilines is 2. The summed E-state index contributed by atoms with van der Waals surface area (Å²) in [4.78, 5) is 14.4. The molecule has 29 heavy (non-hydrogen) atoms. The lowest BCUT2D eigenvalue weighted by Gasteiger charge is -2.30. The SMILES string of the molecule is COc1ccc(Nc2ccc(OCC(=O)NCCN(C(C)C)C(C)C)cc2)cc1. The second-order valence-corrected chi connectivity index (χ2v) is 7.44. The molecule has 0 spiro atoms. The minimum absolute atomic E-state index is 0.00854. The van der Waals surface area contributed by atoms with Gasteiger partial charge in [-0.05, 0) is 76.2 Å². The molecule has 1 amide bonds. The first-order chi connectivity index (χ1) is 13.9. The van der Waals surface area contributed by atoms with Crippen molar-refractivity contribution in [2.24, 2.45) is 0 Å². The molecule has 6 nitrogen and oxygen atoms in total. The Morgan fingerprint density at radius 2 is 1.41 bits per heavy atom. The minimum Gasteiger partial charge on any atom is -0.497 e. The molecule has 6 heteroatoms. The molecular formula is C23H33N3O3. The molecule has 0 radical (unpaired) electrons. The van der Waals surface area contributed by atoms with Crippen LogP contribution in [0, 0.1) is 0 Å². The number of carbonyl (C=O) groups is 1. The molecule has 2 N–H and O–H groups in total. The van der Waals surface area contributed by atoms with E-state index in [0.29, 0.717) is 24.4 Å². The van der Waals surface area contributed by atoms with Gasteiger partial charge in [-0.3, -0.25) is 9.69 Å². The molecule has 0 saturated heterocycles. The standard InChI is InChI=1S/C23H33N3O3/c1-17(2)26(18(3)4)15-14-24-23(27)16-29-22-12-8-20(9-13-22)25-19-6-10-21(28-5)11-7-19/h6-13,17-18,25H,14-16H2,1-5H3,(H,24,27). The summed E-state index contributed by atoms with van der Waals surface area (Å²) in [6, 6.07) is 16.1. The van der Waals surface area contributed by atoms with Crippen LogP contribution >= 0.6 is 0 Å². The van der Waals surface area contributed by atoms with Gasteiger partial charge in [0.1, 0.15) is 11.5 Å². The number of benzene rings is 2. The molecule has 0 bridgehead atoms. The predicted molar refractivity (Wildman–Crippen MR) is 118 cm³/mol. The van der Waals surface area contributed by atoms with Crippen molar-refractivity contribution in [2.45, 2.75) is 39.8 Å². The molecule has 0 aromatic heterocycles. The Labute approximate surface area is 174 Å². The second kappa shape index (κ2) is 11.3. The summed E-state index contributed by atoms with van der Waals surface area (Å²) in [5.41, 5.74) is 1.91. The van der Waals surface area contributed by atoms with Crippen LogP contribution < -0.4 is 20.1 Å². The average Bonchev–Trinajstić information content (AvgIpc) is 2.70. The largest absolute Gasteiger partial charge is 0.497 e. The van der Waals surface area contributed by atoms with Crippen LogP contribution in [0.1, 0.15) is 27.7 Å². The van der Waals surface area contributed by atoms with Gasteiger partial charge in [-0.1, -0.05) is 0 Å². The number of hydrogen-bond donors (Lipinski definition) is 2. The summed E-state index contributed by atoms with van der Waals surface area (Å²) in [7, 11) is 1.65. The van der Waals surface area contributed by atoms with Crippen molar-refractivity contribution in [3.05, 3.63) is 48.5 Å². The van der Waals surface area contributed by atoms with E-state index < -0.39 is 0 Å². The molecule has 2 rings (SSSR count). The maximum atomic E-state index is 12.0. The fraction of sp³-hybridized carbons (Fsp3) is 0.435. The van der Waals surface area contributed by atoms with Crippen molar-refractivity contribution in [1.82, 2.24) is 10.2 Å². The molecule has 158 valence electrons. The van der Waals surface area contributed by atoms with Crippen molar-refractivity contribution in [3.8, 4) is 11.5 Å². The van der Waals surface area contributed by atoms with E-state index in [1.165, 1.54) is 0 Å². The van der Waals surface area contributed by atoms with Gasteiger partial charge in [-0.15, -0.1) is 0 Å². The minimum atomic E-state index is -0.113. The topological polar surface area (TPSA) is 62.8 Å². The lowest BCUT2D eigenvalue weighted by atomic mass is 10.2. The van der Waals surface area contributed by atoms with Crippen molar-refractivity contribution in [3.63, 3.8) is 0 Å². The maximum Gasteiger partial charge on any atom is 0.257 e. The number of ether oxygens (including phenoxy) is 2. The van der Waals surface area contributed by atoms with E-state index in [0.717, 1.165) is 23.7 Å². The Hall–Kier alpha value is -2.73. The van der Waals surface area contributed by atoms with Gasteiger partial charge in [0.15, 0.2) is 6.61 Å². The number of methoxy groups -OCH3 is 1. The predicted octanol–water partition coefficient (Wildman–Crippen LogP) is 4.05. The van der Waals surface area contributed by atoms with Crippen LogP contribution in [0.4, 0.5) is 11.4 Å². The number of amides is 1. The molecule has 0 saturated carbocycles. The van der Waals surface area contributed by atoms with Crippen LogP contribution in [0.2, 0.25) is 0 Å². The van der Waals surface area contributed by atoms with E-state index in [1.807, 2.05) is 48.5 Å². The van der Waals surface area contributed by atoms with Crippen molar-refractivity contribution in [2.75, 3.05) is 32.1 Å². The van der Waals surface area contributed by atoms with Crippen LogP contribution in [-0.2, 0) is 4.79 Å². The van der Waals surface area contributed by atoms with Crippen LogP contribution in [-0.4, -0.2) is 49.7 Å². The smallest absolute Gasteiger partial charge is 0.257 e. The molecular weight excluding hydrogens is 366 g/mol. The highest BCUT2D eigenvalue weighted by atomic mass is 16.5. The molecule has 0 atom stereocenters. The van der Waals surface area contributed by atoms with Crippen molar-refractivity contribution in [1.29, 1.82) is 0 Å². The highest BCUT2D eigenvalue weighted by Gasteiger charge is 2.13. The van der Waals surface area contributed by atoms with Crippen LogP contribution in [0.3, 0.4) is 0 Å². The highest BCUT2D eigenvalue weighted by Crippen LogP contribution is 2.22. The lowest BCUT2D eigenvalue weighted by molar-refractivity contribution is -0.123. The van der Waals surface area contributed by atoms with E-state index >= 15 is 0 Å². The van der Waals surface area contributed by atoms with Gasteiger partial charge in [0.05, 0.1) is 7.11 Å². The van der Waals surface area contributed by atoms with Gasteiger partial charge in [0.25, 0.3) is 5.91 Å². The average molecular weight is 400 g/mol. The first kappa shape index (κ1) is 22.6. The first-order valence-electron chi connectivity index (χ1n) is 10.1.